The highest BCUT2D eigenvalue weighted by molar-refractivity contribution is 5.95. The average Bonchev–Trinajstić information content (AvgIpc) is 3.43. The van der Waals surface area contributed by atoms with E-state index < -0.39 is 11.6 Å². The Morgan fingerprint density at radius 1 is 1.07 bits per heavy atom. The first-order valence-electron chi connectivity index (χ1n) is 9.72. The summed E-state index contributed by atoms with van der Waals surface area (Å²) in [5.41, 5.74) is 3.50. The molecule has 2 fully saturated rings. The van der Waals surface area contributed by atoms with E-state index in [1.165, 1.54) is 17.8 Å². The number of amides is 1. The van der Waals surface area contributed by atoms with Crippen LogP contribution in [0.15, 0.2) is 36.4 Å². The second kappa shape index (κ2) is 7.51. The molecule has 2 atom stereocenters. The lowest BCUT2D eigenvalue weighted by Gasteiger charge is -2.35. The van der Waals surface area contributed by atoms with Crippen molar-refractivity contribution < 1.29 is 13.6 Å². The van der Waals surface area contributed by atoms with Gasteiger partial charge in [-0.15, -0.1) is 0 Å². The summed E-state index contributed by atoms with van der Waals surface area (Å²) in [6.07, 6.45) is 0.590. The normalized spacial score (nSPS) is 22.2. The van der Waals surface area contributed by atoms with Crippen molar-refractivity contribution in [3.63, 3.8) is 0 Å². The summed E-state index contributed by atoms with van der Waals surface area (Å²) in [6.45, 7) is 6.13. The smallest absolute Gasteiger partial charge is 0.228 e. The van der Waals surface area contributed by atoms with Gasteiger partial charge in [0.15, 0.2) is 0 Å². The molecular weight excluding hydrogens is 360 g/mol. The molecule has 1 aliphatic heterocycles. The van der Waals surface area contributed by atoms with Crippen molar-refractivity contribution in [2.75, 3.05) is 43.4 Å². The summed E-state index contributed by atoms with van der Waals surface area (Å²) < 4.78 is 27.0. The lowest BCUT2D eigenvalue weighted by Crippen LogP contribution is -2.44. The number of benzene rings is 2. The third-order valence-corrected chi connectivity index (χ3v) is 5.80. The molecule has 0 bridgehead atoms. The number of halogens is 2. The number of piperazine rings is 1. The van der Waals surface area contributed by atoms with Gasteiger partial charge in [0.1, 0.15) is 11.6 Å². The van der Waals surface area contributed by atoms with Gasteiger partial charge in [-0.25, -0.2) is 8.78 Å². The van der Waals surface area contributed by atoms with E-state index in [4.69, 9.17) is 0 Å². The van der Waals surface area contributed by atoms with Crippen molar-refractivity contribution in [3.05, 3.63) is 59.2 Å². The Bertz CT molecular complexity index is 893. The minimum absolute atomic E-state index is 0.111. The number of hydrogen-bond donors (Lipinski definition) is 1. The van der Waals surface area contributed by atoms with Gasteiger partial charge in [-0.3, -0.25) is 4.79 Å². The number of carbonyl (C=O) groups is 1. The number of anilines is 2. The van der Waals surface area contributed by atoms with Crippen LogP contribution in [0.1, 0.15) is 23.5 Å². The lowest BCUT2D eigenvalue weighted by molar-refractivity contribution is -0.117. The number of aryl methyl sites for hydroxylation is 1. The van der Waals surface area contributed by atoms with Gasteiger partial charge < -0.3 is 15.1 Å². The molecule has 2 aromatic carbocycles. The van der Waals surface area contributed by atoms with E-state index in [0.717, 1.165) is 43.5 Å². The molecule has 1 amide bonds. The van der Waals surface area contributed by atoms with E-state index in [-0.39, 0.29) is 17.7 Å². The van der Waals surface area contributed by atoms with Crippen LogP contribution < -0.4 is 10.2 Å². The molecule has 1 N–H and O–H groups in total. The molecule has 0 aromatic heterocycles. The molecule has 1 heterocycles. The second-order valence-corrected chi connectivity index (χ2v) is 7.90. The van der Waals surface area contributed by atoms with Gasteiger partial charge in [0.25, 0.3) is 0 Å². The van der Waals surface area contributed by atoms with Crippen LogP contribution >= 0.6 is 0 Å². The maximum Gasteiger partial charge on any atom is 0.228 e. The fourth-order valence-electron chi connectivity index (χ4n) is 4.00. The standard InChI is InChI=1S/C22H25F2N3O/c1-14-11-16(4-6-21(14)27-9-7-26(2)8-10-27)25-22(28)19-13-18(19)17-5-3-15(23)12-20(17)24/h3-6,11-12,18-19H,7-10,13H2,1-2H3,(H,25,28). The van der Waals surface area contributed by atoms with E-state index in [9.17, 15) is 13.6 Å². The molecular formula is C22H25F2N3O. The van der Waals surface area contributed by atoms with Gasteiger partial charge in [0.2, 0.25) is 5.91 Å². The summed E-state index contributed by atoms with van der Waals surface area (Å²) in [5, 5.41) is 2.95. The van der Waals surface area contributed by atoms with Crippen molar-refractivity contribution in [3.8, 4) is 0 Å². The highest BCUT2D eigenvalue weighted by Crippen LogP contribution is 2.48. The highest BCUT2D eigenvalue weighted by atomic mass is 19.1. The molecule has 1 saturated carbocycles. The van der Waals surface area contributed by atoms with Crippen LogP contribution in [0, 0.1) is 24.5 Å². The van der Waals surface area contributed by atoms with Gasteiger partial charge >= 0.3 is 0 Å². The minimum atomic E-state index is -0.598. The first kappa shape index (κ1) is 18.9. The van der Waals surface area contributed by atoms with Crippen molar-refractivity contribution >= 4 is 17.3 Å². The Morgan fingerprint density at radius 2 is 1.82 bits per heavy atom. The van der Waals surface area contributed by atoms with Gasteiger partial charge in [0, 0.05) is 49.5 Å². The molecule has 0 radical (unpaired) electrons. The number of likely N-dealkylation sites (N-methyl/N-ethyl adjacent to an activating group) is 1. The summed E-state index contributed by atoms with van der Waals surface area (Å²) in [6, 6.07) is 9.53. The van der Waals surface area contributed by atoms with Gasteiger partial charge in [-0.2, -0.15) is 0 Å². The van der Waals surface area contributed by atoms with Gasteiger partial charge in [-0.05, 0) is 61.7 Å². The number of carbonyl (C=O) groups excluding carboxylic acids is 1. The van der Waals surface area contributed by atoms with E-state index in [0.29, 0.717) is 12.0 Å². The molecule has 28 heavy (non-hydrogen) atoms. The summed E-state index contributed by atoms with van der Waals surface area (Å²) in [7, 11) is 2.13. The SMILES string of the molecule is Cc1cc(NC(=O)C2CC2c2ccc(F)cc2F)ccc1N1CCN(C)CC1. The molecule has 0 spiro atoms. The number of hydrogen-bond acceptors (Lipinski definition) is 3. The number of nitrogens with one attached hydrogen (secondary N) is 1. The van der Waals surface area contributed by atoms with E-state index >= 15 is 0 Å². The monoisotopic (exact) mass is 385 g/mol. The molecule has 2 aliphatic rings. The average molecular weight is 385 g/mol. The summed E-state index contributed by atoms with van der Waals surface area (Å²) in [5.74, 6) is -1.73. The van der Waals surface area contributed by atoms with E-state index in [1.54, 1.807) is 0 Å². The third-order valence-electron chi connectivity index (χ3n) is 5.80. The number of rotatable bonds is 4. The maximum absolute atomic E-state index is 13.9. The quantitative estimate of drug-likeness (QED) is 0.870. The van der Waals surface area contributed by atoms with Crippen LogP contribution in [0.2, 0.25) is 0 Å². The molecule has 4 nitrogen and oxygen atoms in total. The zero-order chi connectivity index (χ0) is 19.8. The molecule has 1 saturated heterocycles. The van der Waals surface area contributed by atoms with Crippen LogP contribution in [0.5, 0.6) is 0 Å². The third kappa shape index (κ3) is 3.87. The molecule has 4 rings (SSSR count). The molecule has 1 aliphatic carbocycles. The number of nitrogens with zero attached hydrogens (tertiary/aromatic N) is 2. The molecule has 2 aromatic rings. The maximum atomic E-state index is 13.9. The Morgan fingerprint density at radius 3 is 2.50 bits per heavy atom. The molecule has 148 valence electrons. The topological polar surface area (TPSA) is 35.6 Å². The van der Waals surface area contributed by atoms with Crippen molar-refractivity contribution in [2.24, 2.45) is 5.92 Å². The van der Waals surface area contributed by atoms with Crippen LogP contribution in [0.4, 0.5) is 20.2 Å². The highest BCUT2D eigenvalue weighted by Gasteiger charge is 2.45. The Kier molecular flexibility index (Phi) is 5.06. The predicted molar refractivity (Wildman–Crippen MR) is 107 cm³/mol. The Balaban J connectivity index is 1.39. The Hall–Kier alpha value is -2.47. The molecule has 6 heteroatoms. The fraction of sp³-hybridized carbons (Fsp3) is 0.409. The lowest BCUT2D eigenvalue weighted by atomic mass is 10.1. The van der Waals surface area contributed by atoms with Crippen LogP contribution in [0.25, 0.3) is 0 Å². The predicted octanol–water partition coefficient (Wildman–Crippen LogP) is 3.77. The fourth-order valence-corrected chi connectivity index (χ4v) is 4.00. The summed E-state index contributed by atoms with van der Waals surface area (Å²) >= 11 is 0. The van der Waals surface area contributed by atoms with Crippen LogP contribution in [-0.2, 0) is 4.79 Å². The van der Waals surface area contributed by atoms with Crippen LogP contribution in [0.3, 0.4) is 0 Å². The Labute approximate surface area is 164 Å². The van der Waals surface area contributed by atoms with Gasteiger partial charge in [0.05, 0.1) is 0 Å². The van der Waals surface area contributed by atoms with Crippen molar-refractivity contribution in [1.82, 2.24) is 4.90 Å². The summed E-state index contributed by atoms with van der Waals surface area (Å²) in [4.78, 5) is 17.2. The van der Waals surface area contributed by atoms with Crippen LogP contribution in [-0.4, -0.2) is 44.0 Å². The largest absolute Gasteiger partial charge is 0.369 e. The van der Waals surface area contributed by atoms with Crippen molar-refractivity contribution in [2.45, 2.75) is 19.3 Å². The first-order valence-corrected chi connectivity index (χ1v) is 9.72. The van der Waals surface area contributed by atoms with Gasteiger partial charge in [-0.1, -0.05) is 6.07 Å². The zero-order valence-corrected chi connectivity index (χ0v) is 16.2. The van der Waals surface area contributed by atoms with E-state index in [1.807, 2.05) is 12.1 Å². The minimum Gasteiger partial charge on any atom is -0.369 e. The zero-order valence-electron chi connectivity index (χ0n) is 16.2. The molecule has 2 unspecified atom stereocenters. The second-order valence-electron chi connectivity index (χ2n) is 7.90. The van der Waals surface area contributed by atoms with E-state index in [2.05, 4.69) is 35.2 Å². The first-order chi connectivity index (χ1) is 13.4. The van der Waals surface area contributed by atoms with Crippen molar-refractivity contribution in [1.29, 1.82) is 0 Å².